The van der Waals surface area contributed by atoms with Crippen LogP contribution in [0, 0.1) is 0 Å². The first-order valence-corrected chi connectivity index (χ1v) is 7.41. The van der Waals surface area contributed by atoms with Crippen LogP contribution in [-0.4, -0.2) is 37.8 Å². The predicted molar refractivity (Wildman–Crippen MR) is 77.1 cm³/mol. The van der Waals surface area contributed by atoms with E-state index in [2.05, 4.69) is 9.46 Å². The second-order valence-electron chi connectivity index (χ2n) is 4.11. The fourth-order valence-electron chi connectivity index (χ4n) is 1.38. The van der Waals surface area contributed by atoms with Crippen molar-refractivity contribution in [2.75, 3.05) is 11.8 Å². The SMILES string of the molecule is COC(=O)C(C)S(=O)(=O)Nc1ccc(C=CC(=O)O)cc1. The second-order valence-corrected chi connectivity index (χ2v) is 6.11. The molecule has 2 N–H and O–H groups in total. The van der Waals surface area contributed by atoms with Crippen molar-refractivity contribution in [3.05, 3.63) is 35.9 Å². The quantitative estimate of drug-likeness (QED) is 0.601. The third kappa shape index (κ3) is 4.92. The fourth-order valence-corrected chi connectivity index (χ4v) is 2.37. The number of carboxylic acids is 1. The smallest absolute Gasteiger partial charge is 0.328 e. The lowest BCUT2D eigenvalue weighted by atomic mass is 10.2. The van der Waals surface area contributed by atoms with Crippen molar-refractivity contribution >= 4 is 33.7 Å². The number of aliphatic carboxylic acids is 1. The number of anilines is 1. The van der Waals surface area contributed by atoms with Gasteiger partial charge >= 0.3 is 11.9 Å². The Bertz CT molecular complexity index is 648. The summed E-state index contributed by atoms with van der Waals surface area (Å²) in [5.41, 5.74) is 0.861. The molecule has 1 aromatic carbocycles. The van der Waals surface area contributed by atoms with Crippen LogP contribution in [0.15, 0.2) is 30.3 Å². The van der Waals surface area contributed by atoms with Crippen LogP contribution in [0.2, 0.25) is 0 Å². The number of esters is 1. The van der Waals surface area contributed by atoms with Gasteiger partial charge in [-0.15, -0.1) is 0 Å². The summed E-state index contributed by atoms with van der Waals surface area (Å²) in [5.74, 6) is -1.94. The highest BCUT2D eigenvalue weighted by atomic mass is 32.2. The molecule has 0 aliphatic carbocycles. The number of ether oxygens (including phenoxy) is 1. The van der Waals surface area contributed by atoms with Crippen LogP contribution in [0.5, 0.6) is 0 Å². The molecule has 0 aliphatic heterocycles. The van der Waals surface area contributed by atoms with E-state index in [-0.39, 0.29) is 5.69 Å². The van der Waals surface area contributed by atoms with Crippen LogP contribution in [0.4, 0.5) is 5.69 Å². The van der Waals surface area contributed by atoms with Gasteiger partial charge in [-0.2, -0.15) is 0 Å². The van der Waals surface area contributed by atoms with E-state index in [0.717, 1.165) is 13.2 Å². The summed E-state index contributed by atoms with van der Waals surface area (Å²) in [7, 11) is -2.79. The Morgan fingerprint density at radius 2 is 1.86 bits per heavy atom. The summed E-state index contributed by atoms with van der Waals surface area (Å²) in [6, 6.07) is 6.01. The van der Waals surface area contributed by atoms with Gasteiger partial charge in [0.15, 0.2) is 5.25 Å². The summed E-state index contributed by atoms with van der Waals surface area (Å²) in [6.45, 7) is 1.22. The maximum atomic E-state index is 11.9. The maximum absolute atomic E-state index is 11.9. The highest BCUT2D eigenvalue weighted by Gasteiger charge is 2.28. The molecule has 0 saturated carbocycles. The lowest BCUT2D eigenvalue weighted by Gasteiger charge is -2.12. The molecular formula is C13H15NO6S. The minimum Gasteiger partial charge on any atom is -0.478 e. The van der Waals surface area contributed by atoms with Crippen molar-refractivity contribution in [2.24, 2.45) is 0 Å². The van der Waals surface area contributed by atoms with Gasteiger partial charge in [0.1, 0.15) is 0 Å². The topological polar surface area (TPSA) is 110 Å². The molecule has 0 aromatic heterocycles. The number of nitrogens with one attached hydrogen (secondary N) is 1. The van der Waals surface area contributed by atoms with E-state index >= 15 is 0 Å². The summed E-state index contributed by atoms with van der Waals surface area (Å²) >= 11 is 0. The van der Waals surface area contributed by atoms with E-state index in [1.54, 1.807) is 12.1 Å². The van der Waals surface area contributed by atoms with Crippen molar-refractivity contribution in [1.29, 1.82) is 0 Å². The van der Waals surface area contributed by atoms with Crippen LogP contribution in [-0.2, 0) is 24.3 Å². The summed E-state index contributed by atoms with van der Waals surface area (Å²) < 4.78 is 30.4. The summed E-state index contributed by atoms with van der Waals surface area (Å²) in [5, 5.41) is 7.16. The van der Waals surface area contributed by atoms with E-state index in [0.29, 0.717) is 5.56 Å². The molecule has 114 valence electrons. The molecule has 7 nitrogen and oxygen atoms in total. The Morgan fingerprint density at radius 1 is 1.29 bits per heavy atom. The van der Waals surface area contributed by atoms with E-state index in [1.165, 1.54) is 25.1 Å². The van der Waals surface area contributed by atoms with Crippen LogP contribution in [0.3, 0.4) is 0 Å². The third-order valence-electron chi connectivity index (χ3n) is 2.59. The zero-order valence-corrected chi connectivity index (χ0v) is 12.3. The molecule has 0 fully saturated rings. The number of rotatable bonds is 6. The lowest BCUT2D eigenvalue weighted by Crippen LogP contribution is -2.33. The zero-order valence-electron chi connectivity index (χ0n) is 11.4. The number of methoxy groups -OCH3 is 1. The molecule has 0 saturated heterocycles. The number of hydrogen-bond donors (Lipinski definition) is 2. The number of carbonyl (C=O) groups is 2. The Kier molecular flexibility index (Phi) is 5.48. The van der Waals surface area contributed by atoms with Gasteiger partial charge in [0.05, 0.1) is 7.11 Å². The highest BCUT2D eigenvalue weighted by Crippen LogP contribution is 2.15. The van der Waals surface area contributed by atoms with E-state index in [9.17, 15) is 18.0 Å². The van der Waals surface area contributed by atoms with E-state index < -0.39 is 27.2 Å². The van der Waals surface area contributed by atoms with E-state index in [1.807, 2.05) is 0 Å². The molecule has 0 radical (unpaired) electrons. The molecule has 1 rings (SSSR count). The van der Waals surface area contributed by atoms with Crippen LogP contribution in [0.25, 0.3) is 6.08 Å². The first-order valence-electron chi connectivity index (χ1n) is 5.87. The molecule has 21 heavy (non-hydrogen) atoms. The van der Waals surface area contributed by atoms with Gasteiger partial charge in [-0.1, -0.05) is 12.1 Å². The minimum atomic E-state index is -3.90. The van der Waals surface area contributed by atoms with Gasteiger partial charge in [-0.3, -0.25) is 9.52 Å². The van der Waals surface area contributed by atoms with Gasteiger partial charge < -0.3 is 9.84 Å². The Morgan fingerprint density at radius 3 is 2.33 bits per heavy atom. The molecule has 0 amide bonds. The van der Waals surface area contributed by atoms with Gasteiger partial charge in [-0.05, 0) is 30.7 Å². The normalized spacial score (nSPS) is 12.9. The number of sulfonamides is 1. The Balaban J connectivity index is 2.84. The Labute approximate surface area is 122 Å². The predicted octanol–water partition coefficient (Wildman–Crippen LogP) is 1.09. The number of benzene rings is 1. The first kappa shape index (κ1) is 16.7. The number of hydrogen-bond acceptors (Lipinski definition) is 5. The average Bonchev–Trinajstić information content (AvgIpc) is 2.44. The molecule has 1 atom stereocenters. The first-order chi connectivity index (χ1) is 9.76. The summed E-state index contributed by atoms with van der Waals surface area (Å²) in [6.07, 6.45) is 2.34. The monoisotopic (exact) mass is 313 g/mol. The Hall–Kier alpha value is -2.35. The van der Waals surface area contributed by atoms with Crippen LogP contribution >= 0.6 is 0 Å². The zero-order chi connectivity index (χ0) is 16.0. The van der Waals surface area contributed by atoms with Crippen molar-refractivity contribution in [2.45, 2.75) is 12.2 Å². The molecule has 1 aromatic rings. The summed E-state index contributed by atoms with van der Waals surface area (Å²) in [4.78, 5) is 21.6. The van der Waals surface area contributed by atoms with Gasteiger partial charge in [-0.25, -0.2) is 13.2 Å². The molecule has 0 aliphatic rings. The minimum absolute atomic E-state index is 0.262. The van der Waals surface area contributed by atoms with Crippen LogP contribution < -0.4 is 4.72 Å². The standard InChI is InChI=1S/C13H15NO6S/c1-9(13(17)20-2)21(18,19)14-11-6-3-10(4-7-11)5-8-12(15)16/h3-9,14H,1-2H3,(H,15,16). The average molecular weight is 313 g/mol. The fraction of sp³-hybridized carbons (Fsp3) is 0.231. The lowest BCUT2D eigenvalue weighted by molar-refractivity contribution is -0.139. The van der Waals surface area contributed by atoms with Crippen LogP contribution in [0.1, 0.15) is 12.5 Å². The molecule has 0 spiro atoms. The second kappa shape index (κ2) is 6.89. The van der Waals surface area contributed by atoms with Gasteiger partial charge in [0.25, 0.3) is 0 Å². The molecular weight excluding hydrogens is 298 g/mol. The van der Waals surface area contributed by atoms with Crippen molar-refractivity contribution in [1.82, 2.24) is 0 Å². The maximum Gasteiger partial charge on any atom is 0.328 e. The molecule has 0 heterocycles. The largest absolute Gasteiger partial charge is 0.478 e. The van der Waals surface area contributed by atoms with Crippen molar-refractivity contribution in [3.63, 3.8) is 0 Å². The van der Waals surface area contributed by atoms with E-state index in [4.69, 9.17) is 5.11 Å². The number of carboxylic acid groups (broad SMARTS) is 1. The highest BCUT2D eigenvalue weighted by molar-refractivity contribution is 7.94. The molecule has 8 heteroatoms. The number of carbonyl (C=O) groups excluding carboxylic acids is 1. The van der Waals surface area contributed by atoms with Gasteiger partial charge in [0, 0.05) is 11.8 Å². The van der Waals surface area contributed by atoms with Crippen molar-refractivity contribution in [3.8, 4) is 0 Å². The molecule has 0 bridgehead atoms. The van der Waals surface area contributed by atoms with Gasteiger partial charge in [0.2, 0.25) is 10.0 Å². The third-order valence-corrected chi connectivity index (χ3v) is 4.23. The van der Waals surface area contributed by atoms with Crippen molar-refractivity contribution < 1.29 is 27.9 Å². The molecule has 1 unspecified atom stereocenters.